The summed E-state index contributed by atoms with van der Waals surface area (Å²) in [5, 5.41) is 9.60. The van der Waals surface area contributed by atoms with Gasteiger partial charge in [-0.1, -0.05) is 80.6 Å². The Morgan fingerprint density at radius 2 is 1.06 bits per heavy atom. The maximum atomic E-state index is 9.60. The van der Waals surface area contributed by atoms with Crippen molar-refractivity contribution in [2.75, 3.05) is 0 Å². The summed E-state index contributed by atoms with van der Waals surface area (Å²) in [5.41, 5.74) is 1.00. The van der Waals surface area contributed by atoms with Crippen molar-refractivity contribution < 1.29 is 5.11 Å². The number of aliphatic hydroxyl groups is 1. The zero-order valence-electron chi connectivity index (χ0n) is 10.5. The molecule has 0 radical (unpaired) electrons. The maximum Gasteiger partial charge on any atom is 0.0812 e. The second-order valence-corrected chi connectivity index (χ2v) is 4.25. The van der Waals surface area contributed by atoms with Gasteiger partial charge in [0, 0.05) is 0 Å². The van der Waals surface area contributed by atoms with Crippen LogP contribution in [0.2, 0.25) is 0 Å². The summed E-state index contributed by atoms with van der Waals surface area (Å²) >= 11 is 0. The summed E-state index contributed by atoms with van der Waals surface area (Å²) in [5.74, 6) is 0.289. The van der Waals surface area contributed by atoms with Crippen LogP contribution in [0.3, 0.4) is 0 Å². The fourth-order valence-electron chi connectivity index (χ4n) is 1.42. The second-order valence-electron chi connectivity index (χ2n) is 4.25. The van der Waals surface area contributed by atoms with E-state index in [2.05, 4.69) is 0 Å². The summed E-state index contributed by atoms with van der Waals surface area (Å²) in [4.78, 5) is 0. The van der Waals surface area contributed by atoms with Crippen molar-refractivity contribution in [3.05, 3.63) is 72.3 Å². The first-order valence-electron chi connectivity index (χ1n) is 5.95. The van der Waals surface area contributed by atoms with Gasteiger partial charge in [0.2, 0.25) is 0 Å². The summed E-state index contributed by atoms with van der Waals surface area (Å²) in [6, 6.07) is 21.7. The number of rotatable bonds is 2. The fourth-order valence-corrected chi connectivity index (χ4v) is 1.42. The molecule has 2 aromatic carbocycles. The van der Waals surface area contributed by atoms with E-state index in [0.717, 1.165) is 5.56 Å². The number of hydrogen-bond donors (Lipinski definition) is 1. The van der Waals surface area contributed by atoms with Crippen LogP contribution in [0.1, 0.15) is 25.5 Å². The molecule has 0 spiro atoms. The molecular formula is C16H20O. The molecule has 0 aromatic heterocycles. The molecule has 17 heavy (non-hydrogen) atoms. The summed E-state index contributed by atoms with van der Waals surface area (Å²) in [6.07, 6.45) is -0.323. The van der Waals surface area contributed by atoms with Gasteiger partial charge in [-0.15, -0.1) is 0 Å². The van der Waals surface area contributed by atoms with Gasteiger partial charge < -0.3 is 5.11 Å². The Bertz CT molecular complexity index is 354. The van der Waals surface area contributed by atoms with E-state index >= 15 is 0 Å². The van der Waals surface area contributed by atoms with Crippen molar-refractivity contribution in [1.29, 1.82) is 0 Å². The van der Waals surface area contributed by atoms with Gasteiger partial charge in [0.05, 0.1) is 6.10 Å². The van der Waals surface area contributed by atoms with E-state index in [1.54, 1.807) is 0 Å². The topological polar surface area (TPSA) is 20.2 Å². The van der Waals surface area contributed by atoms with Crippen molar-refractivity contribution >= 4 is 0 Å². The molecule has 0 fully saturated rings. The van der Waals surface area contributed by atoms with Crippen LogP contribution in [0.15, 0.2) is 66.7 Å². The lowest BCUT2D eigenvalue weighted by molar-refractivity contribution is 0.127. The molecule has 0 aliphatic carbocycles. The third-order valence-corrected chi connectivity index (χ3v) is 2.44. The predicted octanol–water partition coefficient (Wildman–Crippen LogP) is 4.06. The standard InChI is InChI=1S/C10H14O.C6H6/c1-8(2)10(11)9-6-4-3-5-7-9;1-2-4-6-5-3-1/h3-8,10-11H,1-2H3;1-6H. The average molecular weight is 228 g/mol. The van der Waals surface area contributed by atoms with E-state index in [4.69, 9.17) is 0 Å². The quantitative estimate of drug-likeness (QED) is 0.821. The monoisotopic (exact) mass is 228 g/mol. The average Bonchev–Trinajstić information content (AvgIpc) is 2.41. The summed E-state index contributed by atoms with van der Waals surface area (Å²) in [6.45, 7) is 4.02. The van der Waals surface area contributed by atoms with E-state index in [-0.39, 0.29) is 12.0 Å². The highest BCUT2D eigenvalue weighted by Gasteiger charge is 2.09. The molecule has 2 aromatic rings. The first-order chi connectivity index (χ1) is 8.22. The molecule has 1 heteroatoms. The van der Waals surface area contributed by atoms with Gasteiger partial charge in [0.1, 0.15) is 0 Å². The number of benzene rings is 2. The normalized spacial score (nSPS) is 11.5. The Labute approximate surface area is 104 Å². The molecule has 0 saturated heterocycles. The van der Waals surface area contributed by atoms with Crippen LogP contribution in [0.25, 0.3) is 0 Å². The molecule has 0 saturated carbocycles. The van der Waals surface area contributed by atoms with Crippen LogP contribution in [0, 0.1) is 5.92 Å². The molecule has 1 N–H and O–H groups in total. The van der Waals surface area contributed by atoms with E-state index in [1.807, 2.05) is 80.6 Å². The fraction of sp³-hybridized carbons (Fsp3) is 0.250. The molecule has 2 rings (SSSR count). The molecule has 0 heterocycles. The molecule has 0 bridgehead atoms. The molecule has 0 aliphatic heterocycles. The van der Waals surface area contributed by atoms with Crippen LogP contribution in [0.5, 0.6) is 0 Å². The minimum Gasteiger partial charge on any atom is -0.388 e. The van der Waals surface area contributed by atoms with Crippen molar-refractivity contribution in [2.45, 2.75) is 20.0 Å². The van der Waals surface area contributed by atoms with Gasteiger partial charge in [-0.25, -0.2) is 0 Å². The molecule has 0 aliphatic rings. The van der Waals surface area contributed by atoms with Crippen molar-refractivity contribution in [2.24, 2.45) is 5.92 Å². The lowest BCUT2D eigenvalue weighted by Gasteiger charge is -2.13. The zero-order valence-corrected chi connectivity index (χ0v) is 10.5. The summed E-state index contributed by atoms with van der Waals surface area (Å²) < 4.78 is 0. The minimum atomic E-state index is -0.323. The lowest BCUT2D eigenvalue weighted by Crippen LogP contribution is -2.04. The van der Waals surface area contributed by atoms with Gasteiger partial charge in [-0.05, 0) is 11.5 Å². The Morgan fingerprint density at radius 1 is 0.706 bits per heavy atom. The van der Waals surface area contributed by atoms with Gasteiger partial charge in [0.15, 0.2) is 0 Å². The van der Waals surface area contributed by atoms with E-state index in [1.165, 1.54) is 0 Å². The Kier molecular flexibility index (Phi) is 6.05. The molecular weight excluding hydrogens is 208 g/mol. The second kappa shape index (κ2) is 7.64. The number of aliphatic hydroxyl groups excluding tert-OH is 1. The predicted molar refractivity (Wildman–Crippen MR) is 72.7 cm³/mol. The Hall–Kier alpha value is -1.60. The largest absolute Gasteiger partial charge is 0.388 e. The molecule has 1 atom stereocenters. The van der Waals surface area contributed by atoms with E-state index in [0.29, 0.717) is 0 Å². The van der Waals surface area contributed by atoms with Gasteiger partial charge in [0.25, 0.3) is 0 Å². The Morgan fingerprint density at radius 3 is 1.41 bits per heavy atom. The highest BCUT2D eigenvalue weighted by Crippen LogP contribution is 2.19. The van der Waals surface area contributed by atoms with Crippen LogP contribution < -0.4 is 0 Å². The van der Waals surface area contributed by atoms with Crippen molar-refractivity contribution in [3.8, 4) is 0 Å². The van der Waals surface area contributed by atoms with E-state index < -0.39 is 0 Å². The smallest absolute Gasteiger partial charge is 0.0812 e. The molecule has 0 amide bonds. The van der Waals surface area contributed by atoms with Crippen LogP contribution in [-0.2, 0) is 0 Å². The molecule has 1 nitrogen and oxygen atoms in total. The lowest BCUT2D eigenvalue weighted by atomic mass is 10.00. The first kappa shape index (κ1) is 13.5. The highest BCUT2D eigenvalue weighted by atomic mass is 16.3. The minimum absolute atomic E-state index is 0.289. The van der Waals surface area contributed by atoms with Crippen molar-refractivity contribution in [1.82, 2.24) is 0 Å². The maximum absolute atomic E-state index is 9.60. The zero-order chi connectivity index (χ0) is 12.5. The van der Waals surface area contributed by atoms with Gasteiger partial charge >= 0.3 is 0 Å². The van der Waals surface area contributed by atoms with Crippen LogP contribution >= 0.6 is 0 Å². The third-order valence-electron chi connectivity index (χ3n) is 2.44. The van der Waals surface area contributed by atoms with E-state index in [9.17, 15) is 5.11 Å². The number of hydrogen-bond acceptors (Lipinski definition) is 1. The summed E-state index contributed by atoms with van der Waals surface area (Å²) in [7, 11) is 0. The third kappa shape index (κ3) is 5.32. The molecule has 1 unspecified atom stereocenters. The van der Waals surface area contributed by atoms with Crippen LogP contribution in [-0.4, -0.2) is 5.11 Å². The first-order valence-corrected chi connectivity index (χ1v) is 5.95. The molecule has 90 valence electrons. The van der Waals surface area contributed by atoms with Crippen molar-refractivity contribution in [3.63, 3.8) is 0 Å². The SMILES string of the molecule is CC(C)C(O)c1ccccc1.c1ccccc1. The highest BCUT2D eigenvalue weighted by molar-refractivity contribution is 5.17. The van der Waals surface area contributed by atoms with Gasteiger partial charge in [-0.3, -0.25) is 0 Å². The Balaban J connectivity index is 0.000000202. The van der Waals surface area contributed by atoms with Crippen LogP contribution in [0.4, 0.5) is 0 Å². The van der Waals surface area contributed by atoms with Gasteiger partial charge in [-0.2, -0.15) is 0 Å².